The normalized spacial score (nSPS) is 10.9. The zero-order chi connectivity index (χ0) is 21.0. The molecule has 0 atom stereocenters. The fourth-order valence-electron chi connectivity index (χ4n) is 2.57. The Kier molecular flexibility index (Phi) is 5.60. The van der Waals surface area contributed by atoms with Crippen LogP contribution in [0.1, 0.15) is 15.9 Å². The van der Waals surface area contributed by atoms with Crippen molar-refractivity contribution < 1.29 is 18.1 Å². The van der Waals surface area contributed by atoms with Gasteiger partial charge in [0.25, 0.3) is 21.6 Å². The van der Waals surface area contributed by atoms with E-state index >= 15 is 0 Å². The summed E-state index contributed by atoms with van der Waals surface area (Å²) in [5.74, 6) is -0.459. The van der Waals surface area contributed by atoms with Crippen LogP contribution in [0.5, 0.6) is 0 Å². The smallest absolute Gasteiger partial charge is 0.271 e. The maximum Gasteiger partial charge on any atom is 0.271 e. The largest absolute Gasteiger partial charge is 0.322 e. The minimum atomic E-state index is -4.06. The van der Waals surface area contributed by atoms with Crippen LogP contribution in [0.4, 0.5) is 17.1 Å². The van der Waals surface area contributed by atoms with Gasteiger partial charge in [0.2, 0.25) is 0 Å². The Balaban J connectivity index is 1.87. The Bertz CT molecular complexity index is 1180. The van der Waals surface area contributed by atoms with E-state index in [2.05, 4.69) is 10.0 Å². The van der Waals surface area contributed by atoms with Crippen LogP contribution in [0, 0.1) is 17.0 Å². The summed E-state index contributed by atoms with van der Waals surface area (Å²) < 4.78 is 27.9. The van der Waals surface area contributed by atoms with E-state index in [0.717, 1.165) is 6.07 Å². The summed E-state index contributed by atoms with van der Waals surface area (Å²) in [6.07, 6.45) is 0. The summed E-state index contributed by atoms with van der Waals surface area (Å²) in [5, 5.41) is 13.6. The quantitative estimate of drug-likeness (QED) is 0.470. The molecule has 0 unspecified atom stereocenters. The first kappa shape index (κ1) is 20.0. The SMILES string of the molecule is Cc1ccc([N+](=O)[O-])cc1NS(=O)(=O)c1cccc(C(=O)Nc2ccccc2)c1. The van der Waals surface area contributed by atoms with Crippen molar-refractivity contribution in [2.24, 2.45) is 0 Å². The predicted molar refractivity (Wildman–Crippen MR) is 109 cm³/mol. The van der Waals surface area contributed by atoms with Crippen LogP contribution in [-0.4, -0.2) is 19.2 Å². The lowest BCUT2D eigenvalue weighted by atomic mass is 10.2. The molecule has 2 N–H and O–H groups in total. The van der Waals surface area contributed by atoms with Crippen molar-refractivity contribution in [3.05, 3.63) is 94.0 Å². The summed E-state index contributed by atoms with van der Waals surface area (Å²) in [7, 11) is -4.06. The number of hydrogen-bond acceptors (Lipinski definition) is 5. The molecule has 0 bridgehead atoms. The van der Waals surface area contributed by atoms with Gasteiger partial charge in [-0.1, -0.05) is 30.3 Å². The van der Waals surface area contributed by atoms with Crippen LogP contribution in [-0.2, 0) is 10.0 Å². The summed E-state index contributed by atoms with van der Waals surface area (Å²) in [6.45, 7) is 1.63. The molecule has 3 rings (SSSR count). The number of nitrogens with one attached hydrogen (secondary N) is 2. The molecule has 0 saturated heterocycles. The highest BCUT2D eigenvalue weighted by molar-refractivity contribution is 7.92. The first-order chi connectivity index (χ1) is 13.8. The summed E-state index contributed by atoms with van der Waals surface area (Å²) in [6, 6.07) is 18.2. The molecule has 0 fully saturated rings. The fraction of sp³-hybridized carbons (Fsp3) is 0.0500. The third kappa shape index (κ3) is 4.77. The van der Waals surface area contributed by atoms with E-state index in [1.54, 1.807) is 31.2 Å². The van der Waals surface area contributed by atoms with Gasteiger partial charge in [0, 0.05) is 23.4 Å². The fourth-order valence-corrected chi connectivity index (χ4v) is 3.73. The van der Waals surface area contributed by atoms with Crippen molar-refractivity contribution in [3.63, 3.8) is 0 Å². The average molecular weight is 411 g/mol. The number of sulfonamides is 1. The van der Waals surface area contributed by atoms with Gasteiger partial charge in [0.1, 0.15) is 0 Å². The first-order valence-electron chi connectivity index (χ1n) is 8.50. The van der Waals surface area contributed by atoms with Gasteiger partial charge in [-0.05, 0) is 42.8 Å². The molecular formula is C20H17N3O5S. The van der Waals surface area contributed by atoms with Crippen LogP contribution < -0.4 is 10.0 Å². The topological polar surface area (TPSA) is 118 Å². The molecule has 0 spiro atoms. The van der Waals surface area contributed by atoms with Crippen molar-refractivity contribution in [2.75, 3.05) is 10.0 Å². The van der Waals surface area contributed by atoms with Crippen LogP contribution in [0.2, 0.25) is 0 Å². The number of amides is 1. The number of non-ortho nitro benzene ring substituents is 1. The second-order valence-corrected chi connectivity index (χ2v) is 7.89. The van der Waals surface area contributed by atoms with Crippen molar-refractivity contribution in [2.45, 2.75) is 11.8 Å². The first-order valence-corrected chi connectivity index (χ1v) is 9.99. The van der Waals surface area contributed by atoms with E-state index in [1.807, 2.05) is 6.07 Å². The molecule has 0 aliphatic heterocycles. The number of carbonyl (C=O) groups excluding carboxylic acids is 1. The van der Waals surface area contributed by atoms with Gasteiger partial charge in [0.05, 0.1) is 15.5 Å². The Morgan fingerprint density at radius 1 is 0.966 bits per heavy atom. The van der Waals surface area contributed by atoms with Crippen LogP contribution in [0.25, 0.3) is 0 Å². The van der Waals surface area contributed by atoms with Crippen LogP contribution in [0.3, 0.4) is 0 Å². The van der Waals surface area contributed by atoms with Gasteiger partial charge in [0.15, 0.2) is 0 Å². The lowest BCUT2D eigenvalue weighted by Crippen LogP contribution is -2.16. The van der Waals surface area contributed by atoms with Crippen LogP contribution >= 0.6 is 0 Å². The van der Waals surface area contributed by atoms with E-state index in [0.29, 0.717) is 11.3 Å². The van der Waals surface area contributed by atoms with Gasteiger partial charge in [-0.3, -0.25) is 19.6 Å². The molecule has 3 aromatic rings. The zero-order valence-electron chi connectivity index (χ0n) is 15.3. The van der Waals surface area contributed by atoms with Gasteiger partial charge in [-0.25, -0.2) is 8.42 Å². The molecule has 9 heteroatoms. The van der Waals surface area contributed by atoms with Crippen LogP contribution in [0.15, 0.2) is 77.7 Å². The summed E-state index contributed by atoms with van der Waals surface area (Å²) >= 11 is 0. The molecule has 0 aromatic heterocycles. The lowest BCUT2D eigenvalue weighted by Gasteiger charge is -2.11. The Labute approximate surface area is 167 Å². The number of carbonyl (C=O) groups is 1. The number of nitro groups is 1. The third-order valence-electron chi connectivity index (χ3n) is 4.11. The molecule has 0 heterocycles. The summed E-state index contributed by atoms with van der Waals surface area (Å²) in [4.78, 5) is 22.6. The van der Waals surface area contributed by atoms with E-state index in [4.69, 9.17) is 0 Å². The maximum atomic E-state index is 12.8. The Morgan fingerprint density at radius 2 is 1.69 bits per heavy atom. The number of anilines is 2. The van der Waals surface area contributed by atoms with Crippen molar-refractivity contribution in [1.82, 2.24) is 0 Å². The Morgan fingerprint density at radius 3 is 2.38 bits per heavy atom. The van der Waals surface area contributed by atoms with E-state index in [1.165, 1.54) is 36.4 Å². The van der Waals surface area contributed by atoms with Gasteiger partial charge in [-0.15, -0.1) is 0 Å². The highest BCUT2D eigenvalue weighted by atomic mass is 32.2. The molecule has 0 aliphatic rings. The number of para-hydroxylation sites is 1. The molecule has 0 aliphatic carbocycles. The maximum absolute atomic E-state index is 12.8. The molecule has 148 valence electrons. The molecule has 0 radical (unpaired) electrons. The zero-order valence-corrected chi connectivity index (χ0v) is 16.1. The second-order valence-electron chi connectivity index (χ2n) is 6.21. The minimum Gasteiger partial charge on any atom is -0.322 e. The number of nitrogens with zero attached hydrogens (tertiary/aromatic N) is 1. The van der Waals surface area contributed by atoms with E-state index in [9.17, 15) is 23.3 Å². The average Bonchev–Trinajstić information content (AvgIpc) is 2.70. The van der Waals surface area contributed by atoms with Gasteiger partial charge >= 0.3 is 0 Å². The number of nitro benzene ring substituents is 1. The van der Waals surface area contributed by atoms with E-state index in [-0.39, 0.29) is 21.8 Å². The standard InChI is InChI=1S/C20H17N3O5S/c1-14-10-11-17(23(25)26)13-19(14)22-29(27,28)18-9-5-6-15(12-18)20(24)21-16-7-3-2-4-8-16/h2-13,22H,1H3,(H,21,24). The third-order valence-corrected chi connectivity index (χ3v) is 5.48. The molecule has 1 amide bonds. The van der Waals surface area contributed by atoms with Gasteiger partial charge < -0.3 is 5.32 Å². The second kappa shape index (κ2) is 8.11. The van der Waals surface area contributed by atoms with Crippen molar-refractivity contribution in [1.29, 1.82) is 0 Å². The molecule has 3 aromatic carbocycles. The molecule has 0 saturated carbocycles. The van der Waals surface area contributed by atoms with Crippen molar-refractivity contribution in [3.8, 4) is 0 Å². The highest BCUT2D eigenvalue weighted by Gasteiger charge is 2.19. The van der Waals surface area contributed by atoms with E-state index < -0.39 is 20.9 Å². The predicted octanol–water partition coefficient (Wildman–Crippen LogP) is 3.96. The molecule has 29 heavy (non-hydrogen) atoms. The molecular weight excluding hydrogens is 394 g/mol. The van der Waals surface area contributed by atoms with Gasteiger partial charge in [-0.2, -0.15) is 0 Å². The Hall–Kier alpha value is -3.72. The summed E-state index contributed by atoms with van der Waals surface area (Å²) in [5.41, 5.74) is 1.13. The molecule has 8 nitrogen and oxygen atoms in total. The number of benzene rings is 3. The minimum absolute atomic E-state index is 0.0957. The van der Waals surface area contributed by atoms with Crippen molar-refractivity contribution >= 4 is 33.0 Å². The number of hydrogen-bond donors (Lipinski definition) is 2. The number of aryl methyl sites for hydroxylation is 1. The lowest BCUT2D eigenvalue weighted by molar-refractivity contribution is -0.384. The number of rotatable bonds is 6. The highest BCUT2D eigenvalue weighted by Crippen LogP contribution is 2.25. The monoisotopic (exact) mass is 411 g/mol.